The molecule has 1 aromatic carbocycles. The highest BCUT2D eigenvalue weighted by molar-refractivity contribution is 7.90. The van der Waals surface area contributed by atoms with Gasteiger partial charge in [0.25, 0.3) is 0 Å². The van der Waals surface area contributed by atoms with E-state index in [1.807, 2.05) is 0 Å². The van der Waals surface area contributed by atoms with Crippen LogP contribution in [0.5, 0.6) is 5.75 Å². The van der Waals surface area contributed by atoms with E-state index in [0.717, 1.165) is 6.26 Å². The van der Waals surface area contributed by atoms with Crippen LogP contribution in [0.3, 0.4) is 0 Å². The van der Waals surface area contributed by atoms with Gasteiger partial charge in [-0.15, -0.1) is 0 Å². The summed E-state index contributed by atoms with van der Waals surface area (Å²) in [6.45, 7) is 3.64. The summed E-state index contributed by atoms with van der Waals surface area (Å²) in [4.78, 5) is 13.4. The van der Waals surface area contributed by atoms with Crippen LogP contribution in [0.25, 0.3) is 0 Å². The van der Waals surface area contributed by atoms with Gasteiger partial charge in [-0.05, 0) is 38.1 Å². The van der Waals surface area contributed by atoms with Crippen molar-refractivity contribution in [3.63, 3.8) is 0 Å². The fourth-order valence-corrected chi connectivity index (χ4v) is 2.96. The Morgan fingerprint density at radius 2 is 1.87 bits per heavy atom. The molecule has 0 saturated carbocycles. The predicted molar refractivity (Wildman–Crippen MR) is 86.8 cm³/mol. The molecule has 0 spiro atoms. The molecule has 1 aromatic rings. The van der Waals surface area contributed by atoms with Crippen molar-refractivity contribution in [1.29, 1.82) is 0 Å². The van der Waals surface area contributed by atoms with Gasteiger partial charge in [0, 0.05) is 19.3 Å². The van der Waals surface area contributed by atoms with Crippen LogP contribution in [0.2, 0.25) is 0 Å². The number of hydrogen-bond donors (Lipinski definition) is 1. The van der Waals surface area contributed by atoms with E-state index < -0.39 is 15.9 Å². The Hall–Kier alpha value is -1.83. The second-order valence-electron chi connectivity index (χ2n) is 5.67. The number of benzene rings is 1. The van der Waals surface area contributed by atoms with Crippen molar-refractivity contribution in [2.75, 3.05) is 25.7 Å². The molecule has 0 aliphatic rings. The summed E-state index contributed by atoms with van der Waals surface area (Å²) < 4.78 is 40.8. The Labute approximate surface area is 136 Å². The Balaban J connectivity index is 2.44. The summed E-state index contributed by atoms with van der Waals surface area (Å²) >= 11 is 0. The molecule has 23 heavy (non-hydrogen) atoms. The average Bonchev–Trinajstić information content (AvgIpc) is 2.44. The number of nitrogens with zero attached hydrogens (tertiary/aromatic N) is 1. The molecule has 130 valence electrons. The van der Waals surface area contributed by atoms with E-state index in [1.54, 1.807) is 20.9 Å². The van der Waals surface area contributed by atoms with Crippen molar-refractivity contribution >= 4 is 15.9 Å². The van der Waals surface area contributed by atoms with E-state index in [9.17, 15) is 17.6 Å². The monoisotopic (exact) mass is 346 g/mol. The van der Waals surface area contributed by atoms with Crippen molar-refractivity contribution in [2.24, 2.45) is 0 Å². The number of sulfone groups is 1. The summed E-state index contributed by atoms with van der Waals surface area (Å²) in [5.74, 6) is 0.0590. The Morgan fingerprint density at radius 3 is 2.39 bits per heavy atom. The van der Waals surface area contributed by atoms with Crippen LogP contribution in [0.1, 0.15) is 13.8 Å². The first-order valence-corrected chi connectivity index (χ1v) is 9.24. The van der Waals surface area contributed by atoms with Crippen LogP contribution in [-0.4, -0.2) is 57.1 Å². The fourth-order valence-electron chi connectivity index (χ4n) is 1.86. The van der Waals surface area contributed by atoms with Crippen LogP contribution in [0.4, 0.5) is 9.18 Å². The molecule has 6 nitrogen and oxygen atoms in total. The van der Waals surface area contributed by atoms with Crippen LogP contribution < -0.4 is 10.1 Å². The van der Waals surface area contributed by atoms with E-state index in [4.69, 9.17) is 4.74 Å². The Morgan fingerprint density at radius 1 is 1.30 bits per heavy atom. The number of hydrogen-bond acceptors (Lipinski definition) is 4. The molecule has 0 aliphatic heterocycles. The van der Waals surface area contributed by atoms with Gasteiger partial charge < -0.3 is 15.0 Å². The highest BCUT2D eigenvalue weighted by atomic mass is 32.2. The van der Waals surface area contributed by atoms with E-state index in [2.05, 4.69) is 5.32 Å². The molecule has 0 heterocycles. The number of rotatable bonds is 7. The summed E-state index contributed by atoms with van der Waals surface area (Å²) in [5, 5.41) is 2.72. The molecular formula is C15H23FN2O4S. The molecular weight excluding hydrogens is 323 g/mol. The minimum absolute atomic E-state index is 0.0998. The normalized spacial score (nSPS) is 14.0. The zero-order valence-electron chi connectivity index (χ0n) is 13.7. The highest BCUT2D eigenvalue weighted by Gasteiger charge is 2.20. The minimum Gasteiger partial charge on any atom is -0.491 e. The van der Waals surface area contributed by atoms with Gasteiger partial charge in [-0.1, -0.05) is 0 Å². The van der Waals surface area contributed by atoms with Crippen LogP contribution in [0.15, 0.2) is 24.3 Å². The largest absolute Gasteiger partial charge is 0.491 e. The van der Waals surface area contributed by atoms with Crippen LogP contribution >= 0.6 is 0 Å². The molecule has 1 N–H and O–H groups in total. The van der Waals surface area contributed by atoms with Gasteiger partial charge >= 0.3 is 6.03 Å². The average molecular weight is 346 g/mol. The number of carbonyl (C=O) groups is 1. The lowest BCUT2D eigenvalue weighted by Crippen LogP contribution is -2.48. The summed E-state index contributed by atoms with van der Waals surface area (Å²) in [6, 6.07) is 4.49. The third-order valence-corrected chi connectivity index (χ3v) is 4.30. The number of urea groups is 1. The number of halogens is 1. The second-order valence-corrected chi connectivity index (χ2v) is 7.85. The van der Waals surface area contributed by atoms with Crippen molar-refractivity contribution in [1.82, 2.24) is 10.2 Å². The molecule has 0 aromatic heterocycles. The lowest BCUT2D eigenvalue weighted by Gasteiger charge is -2.26. The molecule has 0 fully saturated rings. The topological polar surface area (TPSA) is 75.7 Å². The number of ether oxygens (including phenoxy) is 1. The zero-order valence-corrected chi connectivity index (χ0v) is 14.6. The first-order valence-electron chi connectivity index (χ1n) is 7.18. The zero-order chi connectivity index (χ0) is 17.6. The SMILES string of the molecule is C[C@@H](COc1ccc(F)cc1)NC(=O)N(C)[C@@H](C)CS(C)(=O)=O. The molecule has 0 saturated heterocycles. The van der Waals surface area contributed by atoms with Crippen molar-refractivity contribution in [3.8, 4) is 5.75 Å². The first kappa shape index (κ1) is 19.2. The van der Waals surface area contributed by atoms with Crippen LogP contribution in [0, 0.1) is 5.82 Å². The van der Waals surface area contributed by atoms with Gasteiger partial charge in [0.05, 0.1) is 11.8 Å². The third-order valence-electron chi connectivity index (χ3n) is 3.21. The third kappa shape index (κ3) is 7.32. The maximum Gasteiger partial charge on any atom is 0.317 e. The summed E-state index contributed by atoms with van der Waals surface area (Å²) in [6.07, 6.45) is 1.13. The number of nitrogens with one attached hydrogen (secondary N) is 1. The fraction of sp³-hybridized carbons (Fsp3) is 0.533. The Bertz CT molecular complexity index is 619. The van der Waals surface area contributed by atoms with E-state index in [0.29, 0.717) is 5.75 Å². The van der Waals surface area contributed by atoms with Gasteiger partial charge in [0.2, 0.25) is 0 Å². The van der Waals surface area contributed by atoms with Crippen molar-refractivity contribution < 1.29 is 22.3 Å². The van der Waals surface area contributed by atoms with Gasteiger partial charge in [0.1, 0.15) is 28.0 Å². The maximum atomic E-state index is 12.8. The van der Waals surface area contributed by atoms with Gasteiger partial charge in [-0.2, -0.15) is 0 Å². The van der Waals surface area contributed by atoms with Gasteiger partial charge in [-0.3, -0.25) is 0 Å². The van der Waals surface area contributed by atoms with Crippen molar-refractivity contribution in [3.05, 3.63) is 30.1 Å². The standard InChI is InChI=1S/C15H23FN2O4S/c1-11(9-22-14-7-5-13(16)6-8-14)17-15(19)18(3)12(2)10-23(4,20)21/h5-8,11-12H,9-10H2,1-4H3,(H,17,19)/t11-,12-/m0/s1. The number of carbonyl (C=O) groups excluding carboxylic acids is 1. The van der Waals surface area contributed by atoms with E-state index in [1.165, 1.54) is 29.2 Å². The second kappa shape index (κ2) is 8.14. The summed E-state index contributed by atoms with van der Waals surface area (Å²) in [7, 11) is -1.62. The molecule has 2 amide bonds. The smallest absolute Gasteiger partial charge is 0.317 e. The molecule has 0 radical (unpaired) electrons. The Kier molecular flexibility index (Phi) is 6.80. The van der Waals surface area contributed by atoms with E-state index >= 15 is 0 Å². The molecule has 0 aliphatic carbocycles. The quantitative estimate of drug-likeness (QED) is 0.815. The maximum absolute atomic E-state index is 12.8. The highest BCUT2D eigenvalue weighted by Crippen LogP contribution is 2.11. The first-order chi connectivity index (χ1) is 10.6. The van der Waals surface area contributed by atoms with Crippen LogP contribution in [-0.2, 0) is 9.84 Å². The van der Waals surface area contributed by atoms with E-state index in [-0.39, 0.29) is 30.2 Å². The minimum atomic E-state index is -3.16. The predicted octanol–water partition coefficient (Wildman–Crippen LogP) is 1.67. The van der Waals surface area contributed by atoms with Gasteiger partial charge in [-0.25, -0.2) is 17.6 Å². The lowest BCUT2D eigenvalue weighted by molar-refractivity contribution is 0.187. The number of amides is 2. The molecule has 0 unspecified atom stereocenters. The molecule has 0 bridgehead atoms. The van der Waals surface area contributed by atoms with Crippen molar-refractivity contribution in [2.45, 2.75) is 25.9 Å². The molecule has 1 rings (SSSR count). The molecule has 8 heteroatoms. The molecule has 2 atom stereocenters. The lowest BCUT2D eigenvalue weighted by atomic mass is 10.3. The summed E-state index contributed by atoms with van der Waals surface area (Å²) in [5.41, 5.74) is 0. The van der Waals surface area contributed by atoms with Gasteiger partial charge in [0.15, 0.2) is 0 Å².